The van der Waals surface area contributed by atoms with Crippen LogP contribution in [0.1, 0.15) is 0 Å². The van der Waals surface area contributed by atoms with Crippen LogP contribution >= 0.6 is 11.6 Å². The lowest BCUT2D eigenvalue weighted by Gasteiger charge is -2.05. The van der Waals surface area contributed by atoms with Crippen molar-refractivity contribution < 1.29 is 0 Å². The zero-order valence-corrected chi connectivity index (χ0v) is 9.49. The molecule has 0 fully saturated rings. The molecule has 0 amide bonds. The Kier molecular flexibility index (Phi) is 2.92. The third-order valence-electron chi connectivity index (χ3n) is 2.09. The largest absolute Gasteiger partial charge is 0.384 e. The van der Waals surface area contributed by atoms with E-state index in [1.165, 1.54) is 0 Å². The van der Waals surface area contributed by atoms with E-state index < -0.39 is 0 Å². The zero-order chi connectivity index (χ0) is 11.5. The predicted molar refractivity (Wildman–Crippen MR) is 66.4 cm³/mol. The molecule has 1 aromatic carbocycles. The molecular formula is C11H11ClN4. The number of nitrogens with two attached hydrogens (primary N) is 1. The lowest BCUT2D eigenvalue weighted by atomic mass is 10.1. The second-order valence-corrected chi connectivity index (χ2v) is 3.70. The van der Waals surface area contributed by atoms with E-state index in [9.17, 15) is 0 Å². The number of benzene rings is 1. The van der Waals surface area contributed by atoms with Crippen molar-refractivity contribution in [3.05, 3.63) is 35.4 Å². The molecule has 0 bridgehead atoms. The van der Waals surface area contributed by atoms with Gasteiger partial charge in [-0.25, -0.2) is 4.98 Å². The molecule has 0 atom stereocenters. The van der Waals surface area contributed by atoms with E-state index in [0.29, 0.717) is 16.8 Å². The highest BCUT2D eigenvalue weighted by Crippen LogP contribution is 2.22. The fraction of sp³-hybridized carbons (Fsp3) is 0.0909. The van der Waals surface area contributed by atoms with Crippen LogP contribution in [0, 0.1) is 0 Å². The summed E-state index contributed by atoms with van der Waals surface area (Å²) < 4.78 is 0. The number of nitrogens with zero attached hydrogens (tertiary/aromatic N) is 2. The Balaban J connectivity index is 2.51. The lowest BCUT2D eigenvalue weighted by Crippen LogP contribution is -2.01. The van der Waals surface area contributed by atoms with Crippen LogP contribution < -0.4 is 11.1 Å². The molecule has 0 aliphatic carbocycles. The Bertz CT molecular complexity index is 513. The first kappa shape index (κ1) is 10.7. The van der Waals surface area contributed by atoms with Crippen molar-refractivity contribution in [3.8, 4) is 11.3 Å². The smallest absolute Gasteiger partial charge is 0.224 e. The molecule has 0 spiro atoms. The Morgan fingerprint density at radius 1 is 1.25 bits per heavy atom. The molecule has 0 aliphatic heterocycles. The average Bonchev–Trinajstić information content (AvgIpc) is 2.28. The SMILES string of the molecule is CNc1nc(N)cc(-c2cccc(Cl)c2)n1. The molecule has 2 aromatic rings. The summed E-state index contributed by atoms with van der Waals surface area (Å²) in [5, 5.41) is 3.52. The molecule has 1 aromatic heterocycles. The maximum atomic E-state index is 5.92. The van der Waals surface area contributed by atoms with Crippen molar-refractivity contribution in [3.63, 3.8) is 0 Å². The van der Waals surface area contributed by atoms with Gasteiger partial charge in [0, 0.05) is 23.7 Å². The van der Waals surface area contributed by atoms with Crippen LogP contribution in [0.4, 0.5) is 11.8 Å². The van der Waals surface area contributed by atoms with Crippen LogP contribution in [0.2, 0.25) is 5.02 Å². The molecule has 16 heavy (non-hydrogen) atoms. The van der Waals surface area contributed by atoms with Crippen LogP contribution in [-0.2, 0) is 0 Å². The standard InChI is InChI=1S/C11H11ClN4/c1-14-11-15-9(6-10(13)16-11)7-3-2-4-8(12)5-7/h2-6H,1H3,(H3,13,14,15,16). The Morgan fingerprint density at radius 3 is 2.75 bits per heavy atom. The summed E-state index contributed by atoms with van der Waals surface area (Å²) in [6, 6.07) is 9.16. The highest BCUT2D eigenvalue weighted by molar-refractivity contribution is 6.30. The van der Waals surface area contributed by atoms with Crippen molar-refractivity contribution in [1.29, 1.82) is 0 Å². The van der Waals surface area contributed by atoms with Gasteiger partial charge in [-0.2, -0.15) is 4.98 Å². The second kappa shape index (κ2) is 4.37. The molecule has 0 saturated carbocycles. The first-order chi connectivity index (χ1) is 7.69. The molecule has 0 saturated heterocycles. The maximum Gasteiger partial charge on any atom is 0.224 e. The topological polar surface area (TPSA) is 63.8 Å². The highest BCUT2D eigenvalue weighted by atomic mass is 35.5. The van der Waals surface area contributed by atoms with Gasteiger partial charge in [0.25, 0.3) is 0 Å². The van der Waals surface area contributed by atoms with Crippen molar-refractivity contribution in [2.75, 3.05) is 18.1 Å². The number of nitrogen functional groups attached to an aromatic ring is 1. The van der Waals surface area contributed by atoms with E-state index >= 15 is 0 Å². The summed E-state index contributed by atoms with van der Waals surface area (Å²) in [6.07, 6.45) is 0. The molecule has 4 nitrogen and oxygen atoms in total. The number of hydrogen-bond donors (Lipinski definition) is 2. The van der Waals surface area contributed by atoms with Crippen LogP contribution in [0.5, 0.6) is 0 Å². The minimum atomic E-state index is 0.425. The summed E-state index contributed by atoms with van der Waals surface area (Å²) in [4.78, 5) is 8.33. The number of halogens is 1. The van der Waals surface area contributed by atoms with E-state index in [1.54, 1.807) is 13.1 Å². The van der Waals surface area contributed by atoms with E-state index in [-0.39, 0.29) is 0 Å². The summed E-state index contributed by atoms with van der Waals surface area (Å²) in [5.74, 6) is 0.921. The second-order valence-electron chi connectivity index (χ2n) is 3.26. The molecule has 82 valence electrons. The molecule has 3 N–H and O–H groups in total. The Labute approximate surface area is 98.5 Å². The monoisotopic (exact) mass is 234 g/mol. The van der Waals surface area contributed by atoms with Gasteiger partial charge in [-0.05, 0) is 12.1 Å². The molecule has 0 radical (unpaired) electrons. The molecule has 1 heterocycles. The number of aromatic nitrogens is 2. The Hall–Kier alpha value is -1.81. The number of anilines is 2. The fourth-order valence-corrected chi connectivity index (χ4v) is 1.56. The van der Waals surface area contributed by atoms with Gasteiger partial charge in [-0.1, -0.05) is 23.7 Å². The number of rotatable bonds is 2. The first-order valence-electron chi connectivity index (χ1n) is 4.77. The molecule has 5 heteroatoms. The zero-order valence-electron chi connectivity index (χ0n) is 8.74. The van der Waals surface area contributed by atoms with Gasteiger partial charge in [0.15, 0.2) is 0 Å². The Morgan fingerprint density at radius 2 is 2.06 bits per heavy atom. The fourth-order valence-electron chi connectivity index (χ4n) is 1.37. The van der Waals surface area contributed by atoms with E-state index in [2.05, 4.69) is 15.3 Å². The third kappa shape index (κ3) is 2.23. The van der Waals surface area contributed by atoms with E-state index in [0.717, 1.165) is 11.3 Å². The quantitative estimate of drug-likeness (QED) is 0.838. The van der Waals surface area contributed by atoms with Crippen molar-refractivity contribution in [1.82, 2.24) is 9.97 Å². The van der Waals surface area contributed by atoms with Crippen LogP contribution in [0.15, 0.2) is 30.3 Å². The lowest BCUT2D eigenvalue weighted by molar-refractivity contribution is 1.16. The molecule has 0 aliphatic rings. The van der Waals surface area contributed by atoms with Gasteiger partial charge in [-0.15, -0.1) is 0 Å². The normalized spacial score (nSPS) is 10.1. The van der Waals surface area contributed by atoms with Gasteiger partial charge >= 0.3 is 0 Å². The summed E-state index contributed by atoms with van der Waals surface area (Å²) in [5.41, 5.74) is 7.35. The van der Waals surface area contributed by atoms with Gasteiger partial charge in [0.2, 0.25) is 5.95 Å². The molecular weight excluding hydrogens is 224 g/mol. The number of nitrogens with one attached hydrogen (secondary N) is 1. The minimum Gasteiger partial charge on any atom is -0.384 e. The van der Waals surface area contributed by atoms with Crippen molar-refractivity contribution in [2.45, 2.75) is 0 Å². The molecule has 2 rings (SSSR count). The first-order valence-corrected chi connectivity index (χ1v) is 5.15. The summed E-state index contributed by atoms with van der Waals surface area (Å²) in [6.45, 7) is 0. The van der Waals surface area contributed by atoms with E-state index in [1.807, 2.05) is 24.3 Å². The predicted octanol–water partition coefficient (Wildman–Crippen LogP) is 2.42. The van der Waals surface area contributed by atoms with Crippen LogP contribution in [0.25, 0.3) is 11.3 Å². The number of hydrogen-bond acceptors (Lipinski definition) is 4. The minimum absolute atomic E-state index is 0.425. The van der Waals surface area contributed by atoms with Crippen molar-refractivity contribution in [2.24, 2.45) is 0 Å². The summed E-state index contributed by atoms with van der Waals surface area (Å²) >= 11 is 5.92. The van der Waals surface area contributed by atoms with Crippen LogP contribution in [-0.4, -0.2) is 17.0 Å². The molecule has 0 unspecified atom stereocenters. The van der Waals surface area contributed by atoms with Gasteiger partial charge in [-0.3, -0.25) is 0 Å². The van der Waals surface area contributed by atoms with Gasteiger partial charge < -0.3 is 11.1 Å². The van der Waals surface area contributed by atoms with Crippen molar-refractivity contribution >= 4 is 23.4 Å². The summed E-state index contributed by atoms with van der Waals surface area (Å²) in [7, 11) is 1.75. The maximum absolute atomic E-state index is 5.92. The highest BCUT2D eigenvalue weighted by Gasteiger charge is 2.04. The third-order valence-corrected chi connectivity index (χ3v) is 2.33. The van der Waals surface area contributed by atoms with Gasteiger partial charge in [0.05, 0.1) is 5.69 Å². The average molecular weight is 235 g/mol. The van der Waals surface area contributed by atoms with Crippen LogP contribution in [0.3, 0.4) is 0 Å². The van der Waals surface area contributed by atoms with E-state index in [4.69, 9.17) is 17.3 Å². The van der Waals surface area contributed by atoms with Gasteiger partial charge in [0.1, 0.15) is 5.82 Å².